The second-order valence-corrected chi connectivity index (χ2v) is 9.19. The lowest BCUT2D eigenvalue weighted by Crippen LogP contribution is -2.20. The standard InChI is InChI=1S/C28H28N2O4S/c1-4-20-12-8-9-18(2)25(20)30-27(32)26(21-10-6-5-7-11-21)35-23-15-13-22(14-16-23)29-24(31)17-19(3)28(33)34/h5-17,26H,4H2,1-3H3,(H,29,31)(H,30,32)(H,33,34)/b19-17-/t26-/m1/s1. The summed E-state index contributed by atoms with van der Waals surface area (Å²) in [6.45, 7) is 5.41. The number of amides is 2. The van der Waals surface area contributed by atoms with E-state index < -0.39 is 17.1 Å². The van der Waals surface area contributed by atoms with Crippen LogP contribution in [0.15, 0.2) is 89.3 Å². The molecule has 0 bridgehead atoms. The minimum atomic E-state index is -1.14. The summed E-state index contributed by atoms with van der Waals surface area (Å²) in [5.41, 5.74) is 4.31. The third kappa shape index (κ3) is 7.07. The van der Waals surface area contributed by atoms with Crippen molar-refractivity contribution in [3.63, 3.8) is 0 Å². The Kier molecular flexibility index (Phi) is 8.86. The van der Waals surface area contributed by atoms with Gasteiger partial charge in [-0.1, -0.05) is 55.5 Å². The molecule has 0 aliphatic rings. The molecule has 3 N–H and O–H groups in total. The Bertz CT molecular complexity index is 1240. The normalized spacial score (nSPS) is 12.0. The first-order valence-corrected chi connectivity index (χ1v) is 12.1. The number of thioether (sulfide) groups is 1. The SMILES string of the molecule is CCc1cccc(C)c1NC(=O)[C@H](Sc1ccc(NC(=O)/C=C(/C)C(=O)O)cc1)c1ccccc1. The Labute approximate surface area is 209 Å². The lowest BCUT2D eigenvalue weighted by molar-refractivity contribution is -0.132. The van der Waals surface area contributed by atoms with Gasteiger partial charge in [-0.2, -0.15) is 0 Å². The van der Waals surface area contributed by atoms with Crippen molar-refractivity contribution in [2.75, 3.05) is 10.6 Å². The van der Waals surface area contributed by atoms with Crippen LogP contribution in [0.3, 0.4) is 0 Å². The van der Waals surface area contributed by atoms with Gasteiger partial charge in [0.15, 0.2) is 0 Å². The van der Waals surface area contributed by atoms with E-state index in [4.69, 9.17) is 5.11 Å². The van der Waals surface area contributed by atoms with Crippen molar-refractivity contribution in [2.24, 2.45) is 0 Å². The number of hydrogen-bond donors (Lipinski definition) is 3. The summed E-state index contributed by atoms with van der Waals surface area (Å²) in [7, 11) is 0. The Balaban J connectivity index is 1.80. The molecule has 180 valence electrons. The zero-order valence-corrected chi connectivity index (χ0v) is 20.7. The summed E-state index contributed by atoms with van der Waals surface area (Å²) in [4.78, 5) is 37.2. The van der Waals surface area contributed by atoms with Crippen molar-refractivity contribution in [1.29, 1.82) is 0 Å². The van der Waals surface area contributed by atoms with Gasteiger partial charge in [0.1, 0.15) is 5.25 Å². The van der Waals surface area contributed by atoms with Gasteiger partial charge in [-0.05, 0) is 61.2 Å². The number of hydrogen-bond acceptors (Lipinski definition) is 4. The summed E-state index contributed by atoms with van der Waals surface area (Å²) in [6, 6.07) is 22.7. The van der Waals surface area contributed by atoms with Gasteiger partial charge < -0.3 is 15.7 Å². The van der Waals surface area contributed by atoms with Crippen LogP contribution in [0.4, 0.5) is 11.4 Å². The van der Waals surface area contributed by atoms with Crippen LogP contribution in [0.25, 0.3) is 0 Å². The molecule has 0 aliphatic heterocycles. The van der Waals surface area contributed by atoms with Crippen LogP contribution in [0.2, 0.25) is 0 Å². The van der Waals surface area contributed by atoms with Crippen molar-refractivity contribution < 1.29 is 19.5 Å². The van der Waals surface area contributed by atoms with Crippen molar-refractivity contribution in [1.82, 2.24) is 0 Å². The van der Waals surface area contributed by atoms with E-state index >= 15 is 0 Å². The quantitative estimate of drug-likeness (QED) is 0.254. The number of anilines is 2. The Morgan fingerprint density at radius 2 is 1.63 bits per heavy atom. The van der Waals surface area contributed by atoms with Gasteiger partial charge in [-0.25, -0.2) is 4.79 Å². The molecule has 0 radical (unpaired) electrons. The third-order valence-corrected chi connectivity index (χ3v) is 6.66. The third-order valence-electron chi connectivity index (χ3n) is 5.39. The number of nitrogens with one attached hydrogen (secondary N) is 2. The van der Waals surface area contributed by atoms with E-state index in [1.54, 1.807) is 12.1 Å². The smallest absolute Gasteiger partial charge is 0.331 e. The predicted molar refractivity (Wildman–Crippen MR) is 141 cm³/mol. The van der Waals surface area contributed by atoms with Crippen molar-refractivity contribution in [2.45, 2.75) is 37.3 Å². The molecule has 0 unspecified atom stereocenters. The maximum atomic E-state index is 13.5. The highest BCUT2D eigenvalue weighted by Crippen LogP contribution is 2.37. The highest BCUT2D eigenvalue weighted by molar-refractivity contribution is 8.00. The summed E-state index contributed by atoms with van der Waals surface area (Å²) in [5.74, 6) is -1.78. The molecular weight excluding hydrogens is 460 g/mol. The number of benzene rings is 3. The Morgan fingerprint density at radius 1 is 0.943 bits per heavy atom. The topological polar surface area (TPSA) is 95.5 Å². The minimum absolute atomic E-state index is 0.0497. The Hall–Kier alpha value is -3.84. The maximum absolute atomic E-state index is 13.5. The molecule has 6 nitrogen and oxygen atoms in total. The number of carboxylic acid groups (broad SMARTS) is 1. The molecule has 0 heterocycles. The zero-order valence-electron chi connectivity index (χ0n) is 19.9. The van der Waals surface area contributed by atoms with Crippen molar-refractivity contribution in [3.05, 3.63) is 101 Å². The van der Waals surface area contributed by atoms with Crippen LogP contribution in [-0.2, 0) is 20.8 Å². The first-order valence-electron chi connectivity index (χ1n) is 11.2. The zero-order chi connectivity index (χ0) is 25.4. The fourth-order valence-electron chi connectivity index (χ4n) is 3.48. The van der Waals surface area contributed by atoms with Crippen LogP contribution in [-0.4, -0.2) is 22.9 Å². The van der Waals surface area contributed by atoms with Crippen LogP contribution in [0, 0.1) is 6.92 Å². The second kappa shape index (κ2) is 12.0. The average Bonchev–Trinajstić information content (AvgIpc) is 2.85. The number of para-hydroxylation sites is 1. The average molecular weight is 489 g/mol. The fraction of sp³-hybridized carbons (Fsp3) is 0.179. The molecule has 0 spiro atoms. The van der Waals surface area contributed by atoms with Crippen LogP contribution < -0.4 is 10.6 Å². The molecule has 0 saturated carbocycles. The number of rotatable bonds is 9. The van der Waals surface area contributed by atoms with Gasteiger partial charge in [0.25, 0.3) is 0 Å². The summed E-state index contributed by atoms with van der Waals surface area (Å²) in [6.07, 6.45) is 1.85. The van der Waals surface area contributed by atoms with Gasteiger partial charge in [0.2, 0.25) is 11.8 Å². The number of aryl methyl sites for hydroxylation is 2. The van der Waals surface area contributed by atoms with Gasteiger partial charge in [-0.15, -0.1) is 11.8 Å². The molecule has 0 aromatic heterocycles. The summed E-state index contributed by atoms with van der Waals surface area (Å²) in [5, 5.41) is 14.2. The van der Waals surface area contributed by atoms with E-state index in [0.29, 0.717) is 5.69 Å². The molecule has 3 rings (SSSR count). The molecule has 0 aliphatic carbocycles. The van der Waals surface area contributed by atoms with E-state index in [9.17, 15) is 14.4 Å². The molecule has 35 heavy (non-hydrogen) atoms. The number of carbonyl (C=O) groups is 3. The molecule has 1 atom stereocenters. The molecule has 7 heteroatoms. The van der Waals surface area contributed by atoms with E-state index in [-0.39, 0.29) is 11.5 Å². The number of carbonyl (C=O) groups excluding carboxylic acids is 2. The first kappa shape index (κ1) is 25.8. The van der Waals surface area contributed by atoms with Crippen molar-refractivity contribution >= 4 is 40.9 Å². The molecule has 0 fully saturated rings. The van der Waals surface area contributed by atoms with E-state index in [1.807, 2.05) is 67.6 Å². The van der Waals surface area contributed by atoms with Gasteiger partial charge >= 0.3 is 5.97 Å². The maximum Gasteiger partial charge on any atom is 0.331 e. The van der Waals surface area contributed by atoms with Crippen molar-refractivity contribution in [3.8, 4) is 0 Å². The highest BCUT2D eigenvalue weighted by atomic mass is 32.2. The highest BCUT2D eigenvalue weighted by Gasteiger charge is 2.23. The lowest BCUT2D eigenvalue weighted by Gasteiger charge is -2.20. The lowest BCUT2D eigenvalue weighted by atomic mass is 10.1. The molecule has 0 saturated heterocycles. The minimum Gasteiger partial charge on any atom is -0.478 e. The fourth-order valence-corrected chi connectivity index (χ4v) is 4.51. The summed E-state index contributed by atoms with van der Waals surface area (Å²) < 4.78 is 0. The Morgan fingerprint density at radius 3 is 2.26 bits per heavy atom. The predicted octanol–water partition coefficient (Wildman–Crippen LogP) is 6.00. The second-order valence-electron chi connectivity index (χ2n) is 8.01. The molecular formula is C28H28N2O4S. The largest absolute Gasteiger partial charge is 0.478 e. The van der Waals surface area contributed by atoms with E-state index in [2.05, 4.69) is 17.6 Å². The van der Waals surface area contributed by atoms with Crippen LogP contribution in [0.5, 0.6) is 0 Å². The monoisotopic (exact) mass is 488 g/mol. The van der Waals surface area contributed by atoms with Crippen LogP contribution >= 0.6 is 11.8 Å². The molecule has 3 aromatic rings. The van der Waals surface area contributed by atoms with Gasteiger partial charge in [0, 0.05) is 27.9 Å². The van der Waals surface area contributed by atoms with Gasteiger partial charge in [0.05, 0.1) is 0 Å². The number of carboxylic acids is 1. The molecule has 2 amide bonds. The number of aliphatic carboxylic acids is 1. The van der Waals surface area contributed by atoms with Crippen LogP contribution in [0.1, 0.15) is 35.8 Å². The van der Waals surface area contributed by atoms with E-state index in [1.165, 1.54) is 18.7 Å². The van der Waals surface area contributed by atoms with E-state index in [0.717, 1.165) is 39.8 Å². The first-order chi connectivity index (χ1) is 16.8. The summed E-state index contributed by atoms with van der Waals surface area (Å²) >= 11 is 1.42. The molecule has 3 aromatic carbocycles. The van der Waals surface area contributed by atoms with Gasteiger partial charge in [-0.3, -0.25) is 9.59 Å².